The Morgan fingerprint density at radius 2 is 1.58 bits per heavy atom. The van der Waals surface area contributed by atoms with E-state index in [9.17, 15) is 0 Å². The van der Waals surface area contributed by atoms with E-state index >= 15 is 0 Å². The van der Waals surface area contributed by atoms with Crippen LogP contribution in [0.15, 0.2) is 30.0 Å². The molecule has 1 saturated heterocycles. The van der Waals surface area contributed by atoms with Gasteiger partial charge in [0, 0.05) is 56.1 Å². The molecular formula is C20H34Cl2N2SiZr. The molecule has 6 heteroatoms. The van der Waals surface area contributed by atoms with Crippen molar-refractivity contribution in [3.63, 3.8) is 0 Å². The first-order valence-electron chi connectivity index (χ1n) is 9.13. The number of hydrogen-bond donors (Lipinski definition) is 1. The van der Waals surface area contributed by atoms with Crippen LogP contribution >= 0.6 is 24.8 Å². The standard InChI is InChI=1S/C20H32N2Si.2ClH.Zr/c1-20(2,3)21-23(4,5)19-17-12-8-7-11-16(17)15-18(19)22-13-9-6-10-14-22;;;/h7-8,11-12,15,19,21H,6,9-10,13-14H2,1-5H3;2*1H;. The third-order valence-corrected chi connectivity index (χ3v) is 8.49. The van der Waals surface area contributed by atoms with Crippen molar-refractivity contribution in [2.24, 2.45) is 0 Å². The Hall–Kier alpha value is 0.400. The Balaban J connectivity index is 0.00000208. The van der Waals surface area contributed by atoms with Gasteiger partial charge in [-0.3, -0.25) is 0 Å². The second-order valence-corrected chi connectivity index (χ2v) is 13.0. The number of hydrogen-bond acceptors (Lipinski definition) is 2. The summed E-state index contributed by atoms with van der Waals surface area (Å²) in [6.45, 7) is 14.4. The van der Waals surface area contributed by atoms with Gasteiger partial charge in [0.05, 0.1) is 0 Å². The van der Waals surface area contributed by atoms with Gasteiger partial charge in [0.2, 0.25) is 0 Å². The summed E-state index contributed by atoms with van der Waals surface area (Å²) in [5.74, 6) is 0. The number of benzene rings is 1. The summed E-state index contributed by atoms with van der Waals surface area (Å²) in [6, 6.07) is 9.03. The summed E-state index contributed by atoms with van der Waals surface area (Å²) in [5.41, 5.74) is 5.30. The molecule has 1 aromatic rings. The molecule has 1 fully saturated rings. The summed E-state index contributed by atoms with van der Waals surface area (Å²) >= 11 is 0. The second-order valence-electron chi connectivity index (χ2n) is 8.78. The van der Waals surface area contributed by atoms with Crippen LogP contribution in [0.2, 0.25) is 13.1 Å². The molecule has 3 rings (SSSR count). The third kappa shape index (κ3) is 5.95. The Labute approximate surface area is 192 Å². The van der Waals surface area contributed by atoms with E-state index < -0.39 is 8.24 Å². The SMILES string of the molecule is CC(C)(C)N[Si](C)(C)C1C(N2CCCCC2)=Cc2ccccc21.Cl.Cl.[Zr]. The Morgan fingerprint density at radius 3 is 2.15 bits per heavy atom. The van der Waals surface area contributed by atoms with E-state index in [1.54, 1.807) is 11.3 Å². The van der Waals surface area contributed by atoms with Crippen LogP contribution in [0, 0.1) is 0 Å². The Bertz CT molecular complexity index is 608. The molecule has 0 spiro atoms. The number of piperidine rings is 1. The molecule has 1 unspecified atom stereocenters. The van der Waals surface area contributed by atoms with Crippen LogP contribution in [0.1, 0.15) is 56.7 Å². The molecule has 0 aromatic heterocycles. The number of rotatable bonds is 3. The average molecular weight is 493 g/mol. The van der Waals surface area contributed by atoms with Crippen LogP contribution in [-0.2, 0) is 26.2 Å². The number of allylic oxidation sites excluding steroid dienone is 1. The van der Waals surface area contributed by atoms with Gasteiger partial charge in [-0.15, -0.1) is 24.8 Å². The molecule has 146 valence electrons. The van der Waals surface area contributed by atoms with Gasteiger partial charge < -0.3 is 9.88 Å². The van der Waals surface area contributed by atoms with Crippen LogP contribution in [0.4, 0.5) is 0 Å². The smallest absolute Gasteiger partial charge is 0.133 e. The zero-order valence-corrected chi connectivity index (χ0v) is 21.9. The van der Waals surface area contributed by atoms with Gasteiger partial charge in [-0.05, 0) is 57.2 Å². The molecule has 1 aliphatic carbocycles. The molecule has 0 bridgehead atoms. The van der Waals surface area contributed by atoms with Crippen molar-refractivity contribution >= 4 is 39.1 Å². The van der Waals surface area contributed by atoms with Crippen molar-refractivity contribution in [1.82, 2.24) is 9.88 Å². The Kier molecular flexibility index (Phi) is 10.4. The largest absolute Gasteiger partial charge is 0.375 e. The van der Waals surface area contributed by atoms with Crippen molar-refractivity contribution in [3.8, 4) is 0 Å². The number of likely N-dealkylation sites (tertiary alicyclic amines) is 1. The number of fused-ring (bicyclic) bond motifs is 1. The van der Waals surface area contributed by atoms with E-state index in [1.807, 2.05) is 0 Å². The van der Waals surface area contributed by atoms with Crippen LogP contribution in [0.3, 0.4) is 0 Å². The van der Waals surface area contributed by atoms with Gasteiger partial charge in [0.15, 0.2) is 0 Å². The minimum absolute atomic E-state index is 0. The van der Waals surface area contributed by atoms with Gasteiger partial charge >= 0.3 is 0 Å². The number of nitrogens with zero attached hydrogens (tertiary/aromatic N) is 1. The molecule has 1 aliphatic heterocycles. The van der Waals surface area contributed by atoms with Crippen LogP contribution < -0.4 is 4.98 Å². The summed E-state index contributed by atoms with van der Waals surface area (Å²) in [5, 5.41) is 0. The molecule has 26 heavy (non-hydrogen) atoms. The molecule has 2 aliphatic rings. The summed E-state index contributed by atoms with van der Waals surface area (Å²) in [6.07, 6.45) is 6.55. The first-order chi connectivity index (χ1) is 10.8. The van der Waals surface area contributed by atoms with Crippen molar-refractivity contribution in [2.45, 2.75) is 64.2 Å². The van der Waals surface area contributed by atoms with Gasteiger partial charge in [-0.1, -0.05) is 37.4 Å². The quantitative estimate of drug-likeness (QED) is 0.554. The molecule has 2 nitrogen and oxygen atoms in total. The molecule has 0 saturated carbocycles. The van der Waals surface area contributed by atoms with Gasteiger partial charge in [-0.2, -0.15) is 0 Å². The molecule has 1 aromatic carbocycles. The monoisotopic (exact) mass is 490 g/mol. The van der Waals surface area contributed by atoms with E-state index in [1.165, 1.54) is 37.9 Å². The van der Waals surface area contributed by atoms with Crippen LogP contribution in [-0.4, -0.2) is 31.8 Å². The first-order valence-corrected chi connectivity index (χ1v) is 12.2. The summed E-state index contributed by atoms with van der Waals surface area (Å²) in [7, 11) is -1.66. The summed E-state index contributed by atoms with van der Waals surface area (Å²) in [4.78, 5) is 6.69. The second kappa shape index (κ2) is 10.3. The number of halogens is 2. The predicted octanol–water partition coefficient (Wildman–Crippen LogP) is 5.58. The number of nitrogens with one attached hydrogen (secondary N) is 1. The molecule has 0 radical (unpaired) electrons. The minimum Gasteiger partial charge on any atom is -0.375 e. The first kappa shape index (κ1) is 26.4. The zero-order chi connectivity index (χ0) is 16.7. The minimum atomic E-state index is -1.66. The molecule has 0 amide bonds. The molecule has 1 atom stereocenters. The maximum absolute atomic E-state index is 4.02. The molecular weight excluding hydrogens is 458 g/mol. The van der Waals surface area contributed by atoms with Crippen molar-refractivity contribution in [3.05, 3.63) is 41.1 Å². The predicted molar refractivity (Wildman–Crippen MR) is 117 cm³/mol. The van der Waals surface area contributed by atoms with Crippen molar-refractivity contribution in [2.75, 3.05) is 13.1 Å². The van der Waals surface area contributed by atoms with Crippen molar-refractivity contribution < 1.29 is 26.2 Å². The van der Waals surface area contributed by atoms with E-state index in [2.05, 4.69) is 74.1 Å². The maximum Gasteiger partial charge on any atom is 0.133 e. The van der Waals surface area contributed by atoms with Gasteiger partial charge in [-0.25, -0.2) is 0 Å². The van der Waals surface area contributed by atoms with Crippen LogP contribution in [0.25, 0.3) is 6.08 Å². The topological polar surface area (TPSA) is 15.3 Å². The molecule has 1 N–H and O–H groups in total. The average Bonchev–Trinajstić information content (AvgIpc) is 2.86. The van der Waals surface area contributed by atoms with E-state index in [0.29, 0.717) is 5.54 Å². The third-order valence-electron chi connectivity index (χ3n) is 5.05. The maximum atomic E-state index is 4.02. The fourth-order valence-corrected chi connectivity index (χ4v) is 8.65. The van der Waals surface area contributed by atoms with Gasteiger partial charge in [0.25, 0.3) is 0 Å². The fraction of sp³-hybridized carbons (Fsp3) is 0.600. The normalized spacial score (nSPS) is 19.5. The zero-order valence-electron chi connectivity index (χ0n) is 16.8. The van der Waals surface area contributed by atoms with E-state index in [4.69, 9.17) is 0 Å². The van der Waals surface area contributed by atoms with Crippen molar-refractivity contribution in [1.29, 1.82) is 0 Å². The van der Waals surface area contributed by atoms with E-state index in [0.717, 1.165) is 0 Å². The summed E-state index contributed by atoms with van der Waals surface area (Å²) < 4.78 is 0. The van der Waals surface area contributed by atoms with Crippen LogP contribution in [0.5, 0.6) is 0 Å². The Morgan fingerprint density at radius 1 is 1.00 bits per heavy atom. The molecule has 1 heterocycles. The fourth-order valence-electron chi connectivity index (χ4n) is 4.53. The van der Waals surface area contributed by atoms with Gasteiger partial charge in [0.1, 0.15) is 8.24 Å². The van der Waals surface area contributed by atoms with E-state index in [-0.39, 0.29) is 56.6 Å².